The van der Waals surface area contributed by atoms with E-state index in [-0.39, 0.29) is 5.95 Å². The summed E-state index contributed by atoms with van der Waals surface area (Å²) in [6.07, 6.45) is 3.57. The minimum absolute atomic E-state index is 0.281. The predicted octanol–water partition coefficient (Wildman–Crippen LogP) is 14.0. The summed E-state index contributed by atoms with van der Waals surface area (Å²) in [5.41, 5.74) is 22.0. The van der Waals surface area contributed by atoms with Crippen molar-refractivity contribution >= 4 is 17.9 Å². The van der Waals surface area contributed by atoms with Gasteiger partial charge in [-0.15, -0.1) is 0 Å². The SMILES string of the molecule is C=CCOc1ccccc1-c1ccccc1/C=N/c1nc(-c2cc(-c3ccccc3)cc(-c3ccccc3)c2)c(N)c(-c2cc(-c3ccccc3)cc(-c3ccccc3)c2)n1. The first-order valence-electron chi connectivity index (χ1n) is 20.3. The van der Waals surface area contributed by atoms with Crippen LogP contribution in [-0.2, 0) is 0 Å². The molecular weight excluding hydrogens is 745 g/mol. The van der Waals surface area contributed by atoms with Gasteiger partial charge in [0.2, 0.25) is 0 Å². The molecule has 9 aromatic rings. The van der Waals surface area contributed by atoms with E-state index < -0.39 is 0 Å². The van der Waals surface area contributed by atoms with Gasteiger partial charge in [0, 0.05) is 28.5 Å². The lowest BCUT2D eigenvalue weighted by Gasteiger charge is -2.16. The number of rotatable bonds is 12. The summed E-state index contributed by atoms with van der Waals surface area (Å²) in [7, 11) is 0. The summed E-state index contributed by atoms with van der Waals surface area (Å²) < 4.78 is 6.07. The van der Waals surface area contributed by atoms with Gasteiger partial charge in [0.15, 0.2) is 0 Å². The summed E-state index contributed by atoms with van der Waals surface area (Å²) in [5.74, 6) is 1.04. The molecule has 8 aromatic carbocycles. The Kier molecular flexibility index (Phi) is 11.2. The van der Waals surface area contributed by atoms with Crippen LogP contribution in [-0.4, -0.2) is 22.8 Å². The highest BCUT2D eigenvalue weighted by molar-refractivity contribution is 5.94. The van der Waals surface area contributed by atoms with Gasteiger partial charge in [-0.1, -0.05) is 176 Å². The van der Waals surface area contributed by atoms with Gasteiger partial charge in [0.25, 0.3) is 5.95 Å². The van der Waals surface area contributed by atoms with Crippen LogP contribution >= 0.6 is 0 Å². The first-order valence-corrected chi connectivity index (χ1v) is 20.3. The van der Waals surface area contributed by atoms with Gasteiger partial charge in [-0.2, -0.15) is 0 Å². The van der Waals surface area contributed by atoms with Crippen molar-refractivity contribution in [2.45, 2.75) is 0 Å². The first-order chi connectivity index (χ1) is 30.1. The molecule has 5 heteroatoms. The number of aromatic nitrogens is 2. The summed E-state index contributed by atoms with van der Waals surface area (Å²) in [5, 5.41) is 0. The molecule has 1 aromatic heterocycles. The van der Waals surface area contributed by atoms with Crippen LogP contribution in [0.15, 0.2) is 224 Å². The molecule has 0 radical (unpaired) electrons. The third kappa shape index (κ3) is 8.54. The van der Waals surface area contributed by atoms with Gasteiger partial charge >= 0.3 is 0 Å². The standard InChI is InChI=1S/C56H42N4O/c1-2-31-61-52-30-18-17-29-51(52)50-28-16-15-27-43(50)38-58-56-59-54(48-34-44(39-19-7-3-8-20-39)32-45(35-48)40-21-9-4-10-22-40)53(57)55(60-56)49-36-46(41-23-11-5-12-24-41)33-47(37-49)42-25-13-6-14-26-42/h2-30,32-38H,1,31,57H2/b58-38+. The van der Waals surface area contributed by atoms with Crippen molar-refractivity contribution < 1.29 is 4.74 Å². The second-order valence-electron chi connectivity index (χ2n) is 14.6. The highest BCUT2D eigenvalue weighted by Gasteiger charge is 2.19. The largest absolute Gasteiger partial charge is 0.489 e. The summed E-state index contributed by atoms with van der Waals surface area (Å²) in [4.78, 5) is 15.4. The average Bonchev–Trinajstić information content (AvgIpc) is 3.34. The zero-order valence-electron chi connectivity index (χ0n) is 33.5. The van der Waals surface area contributed by atoms with E-state index in [1.54, 1.807) is 6.08 Å². The molecule has 5 nitrogen and oxygen atoms in total. The van der Waals surface area contributed by atoms with Crippen molar-refractivity contribution in [3.8, 4) is 83.9 Å². The van der Waals surface area contributed by atoms with E-state index in [1.165, 1.54) is 0 Å². The zero-order chi connectivity index (χ0) is 41.4. The number of ether oxygens (including phenoxy) is 1. The quantitative estimate of drug-likeness (QED) is 0.0989. The Morgan fingerprint density at radius 2 is 0.820 bits per heavy atom. The number of nitrogen functional groups attached to an aromatic ring is 1. The van der Waals surface area contributed by atoms with Gasteiger partial charge < -0.3 is 10.5 Å². The molecule has 0 aliphatic carbocycles. The van der Waals surface area contributed by atoms with E-state index >= 15 is 0 Å². The van der Waals surface area contributed by atoms with Crippen molar-refractivity contribution in [3.05, 3.63) is 224 Å². The van der Waals surface area contributed by atoms with Crippen LogP contribution in [0.4, 0.5) is 11.6 Å². The van der Waals surface area contributed by atoms with Crippen LogP contribution in [0.3, 0.4) is 0 Å². The molecular formula is C56H42N4O. The summed E-state index contributed by atoms with van der Waals surface area (Å²) in [6.45, 7) is 4.23. The number of para-hydroxylation sites is 1. The molecule has 0 aliphatic heterocycles. The number of hydrogen-bond acceptors (Lipinski definition) is 5. The maximum atomic E-state index is 7.34. The predicted molar refractivity (Wildman–Crippen MR) is 254 cm³/mol. The van der Waals surface area contributed by atoms with Gasteiger partial charge in [-0.05, 0) is 92.5 Å². The van der Waals surface area contributed by atoms with E-state index in [0.29, 0.717) is 23.7 Å². The normalized spacial score (nSPS) is 11.1. The Morgan fingerprint density at radius 3 is 1.26 bits per heavy atom. The topological polar surface area (TPSA) is 73.4 Å². The molecule has 2 N–H and O–H groups in total. The number of aliphatic imine (C=N–C) groups is 1. The molecule has 0 atom stereocenters. The maximum absolute atomic E-state index is 7.34. The number of hydrogen-bond donors (Lipinski definition) is 1. The van der Waals surface area contributed by atoms with Crippen LogP contribution in [0.2, 0.25) is 0 Å². The molecule has 9 rings (SSSR count). The molecule has 0 bridgehead atoms. The van der Waals surface area contributed by atoms with Crippen LogP contribution < -0.4 is 10.5 Å². The number of benzene rings is 8. The highest BCUT2D eigenvalue weighted by Crippen LogP contribution is 2.41. The monoisotopic (exact) mass is 786 g/mol. The molecule has 0 aliphatic rings. The van der Waals surface area contributed by atoms with Crippen molar-refractivity contribution in [2.75, 3.05) is 12.3 Å². The van der Waals surface area contributed by atoms with Gasteiger partial charge in [0.1, 0.15) is 12.4 Å². The summed E-state index contributed by atoms with van der Waals surface area (Å²) >= 11 is 0. The van der Waals surface area contributed by atoms with Crippen LogP contribution in [0.5, 0.6) is 5.75 Å². The lowest BCUT2D eigenvalue weighted by Crippen LogP contribution is -2.02. The zero-order valence-corrected chi connectivity index (χ0v) is 33.5. The smallest absolute Gasteiger partial charge is 0.250 e. The first kappa shape index (κ1) is 38.4. The van der Waals surface area contributed by atoms with Gasteiger partial charge in [-0.3, -0.25) is 0 Å². The molecule has 0 unspecified atom stereocenters. The fourth-order valence-corrected chi connectivity index (χ4v) is 7.62. The van der Waals surface area contributed by atoms with Crippen LogP contribution in [0.25, 0.3) is 78.1 Å². The molecule has 61 heavy (non-hydrogen) atoms. The Balaban J connectivity index is 1.26. The lowest BCUT2D eigenvalue weighted by atomic mass is 9.92. The second-order valence-corrected chi connectivity index (χ2v) is 14.6. The molecule has 292 valence electrons. The number of anilines is 1. The van der Waals surface area contributed by atoms with Gasteiger partial charge in [-0.25, -0.2) is 15.0 Å². The molecule has 0 saturated carbocycles. The number of nitrogens with two attached hydrogens (primary N) is 1. The minimum Gasteiger partial charge on any atom is -0.489 e. The minimum atomic E-state index is 0.281. The van der Waals surface area contributed by atoms with E-state index in [4.69, 9.17) is 25.4 Å². The fraction of sp³-hybridized carbons (Fsp3) is 0.0179. The lowest BCUT2D eigenvalue weighted by molar-refractivity contribution is 0.365. The Bertz CT molecular complexity index is 2720. The van der Waals surface area contributed by atoms with E-state index in [0.717, 1.165) is 78.1 Å². The molecule has 0 spiro atoms. The van der Waals surface area contributed by atoms with Crippen LogP contribution in [0, 0.1) is 0 Å². The van der Waals surface area contributed by atoms with Crippen molar-refractivity contribution in [1.82, 2.24) is 9.97 Å². The van der Waals surface area contributed by atoms with Crippen molar-refractivity contribution in [3.63, 3.8) is 0 Å². The molecule has 0 fully saturated rings. The third-order valence-electron chi connectivity index (χ3n) is 10.6. The Morgan fingerprint density at radius 1 is 0.443 bits per heavy atom. The fourth-order valence-electron chi connectivity index (χ4n) is 7.62. The van der Waals surface area contributed by atoms with E-state index in [1.807, 2.05) is 66.9 Å². The number of nitrogens with zero attached hydrogens (tertiary/aromatic N) is 3. The van der Waals surface area contributed by atoms with Crippen molar-refractivity contribution in [1.29, 1.82) is 0 Å². The second kappa shape index (κ2) is 17.8. The molecule has 0 amide bonds. The average molecular weight is 787 g/mol. The van der Waals surface area contributed by atoms with Crippen molar-refractivity contribution in [2.24, 2.45) is 4.99 Å². The molecule has 0 saturated heterocycles. The summed E-state index contributed by atoms with van der Waals surface area (Å²) in [6, 6.07) is 70.7. The van der Waals surface area contributed by atoms with E-state index in [2.05, 4.69) is 152 Å². The maximum Gasteiger partial charge on any atom is 0.250 e. The third-order valence-corrected chi connectivity index (χ3v) is 10.6. The van der Waals surface area contributed by atoms with Crippen LogP contribution in [0.1, 0.15) is 5.56 Å². The highest BCUT2D eigenvalue weighted by atomic mass is 16.5. The van der Waals surface area contributed by atoms with E-state index in [9.17, 15) is 0 Å². The Hall–Kier alpha value is -8.15. The Labute approximate surface area is 356 Å². The van der Waals surface area contributed by atoms with Gasteiger partial charge in [0.05, 0.1) is 17.1 Å². The molecule has 1 heterocycles.